The molecule has 0 spiro atoms. The van der Waals surface area contributed by atoms with Gasteiger partial charge in [-0.2, -0.15) is 0 Å². The van der Waals surface area contributed by atoms with E-state index < -0.39 is 5.97 Å². The minimum Gasteiger partial charge on any atom is -0.0622 e. The van der Waals surface area contributed by atoms with Gasteiger partial charge in [-0.15, -0.1) is 0 Å². The first kappa shape index (κ1) is 17.6. The summed E-state index contributed by atoms with van der Waals surface area (Å²) in [5, 5.41) is 7.89. The van der Waals surface area contributed by atoms with E-state index in [9.17, 15) is 4.79 Å². The normalized spacial score (nSPS) is 8.47. The predicted molar refractivity (Wildman–Crippen MR) is 82.9 cm³/mol. The smallest absolute Gasteiger partial charge is 0.0184 e. The number of hydrogen-bond donors (Lipinski definition) is 1. The van der Waals surface area contributed by atoms with Crippen LogP contribution >= 0.6 is 0 Å². The number of hydrogen-bond acceptors (Lipinski definition) is 1. The van der Waals surface area contributed by atoms with Crippen molar-refractivity contribution in [1.29, 1.82) is 0 Å². The maximum Gasteiger partial charge on any atom is -0.0184 e. The van der Waals surface area contributed by atoms with Gasteiger partial charge >= 0.3 is 33.3 Å². The van der Waals surface area contributed by atoms with Crippen LogP contribution in [0.5, 0.6) is 0 Å². The summed E-state index contributed by atoms with van der Waals surface area (Å²) in [7, 11) is 0. The van der Waals surface area contributed by atoms with Crippen molar-refractivity contribution in [1.82, 2.24) is 0 Å². The van der Waals surface area contributed by atoms with E-state index in [0.717, 1.165) is 0 Å². The Balaban J connectivity index is 0.000000404. The number of carboxylic acids is 1. The van der Waals surface area contributed by atoms with E-state index in [1.54, 1.807) is 0 Å². The molecule has 98 valence electrons. The van der Waals surface area contributed by atoms with Gasteiger partial charge in [0.25, 0.3) is 0 Å². The minimum absolute atomic E-state index is 0. The molecule has 2 aromatic rings. The Bertz CT molecular complexity index is 457. The van der Waals surface area contributed by atoms with Gasteiger partial charge in [0.2, 0.25) is 0 Å². The first-order valence-corrected chi connectivity index (χ1v) is 5.60. The molecule has 0 heterocycles. The summed E-state index contributed by atoms with van der Waals surface area (Å²) in [5.74, 6) is -0.935. The number of aliphatic carboxylic acids is 1. The van der Waals surface area contributed by atoms with Gasteiger partial charge in [0.15, 0.2) is 0 Å². The van der Waals surface area contributed by atoms with Crippen molar-refractivity contribution in [2.24, 2.45) is 0 Å². The summed E-state index contributed by atoms with van der Waals surface area (Å²) in [6, 6.07) is 20.8. The molecule has 0 saturated heterocycles. The topological polar surface area (TPSA) is 37.3 Å². The Labute approximate surface area is 134 Å². The van der Waals surface area contributed by atoms with Crippen LogP contribution in [0.3, 0.4) is 0 Å². The van der Waals surface area contributed by atoms with Gasteiger partial charge in [0.1, 0.15) is 0 Å². The molecular weight excluding hydrogens is 431 g/mol. The average molecular weight is 450 g/mol. The van der Waals surface area contributed by atoms with Crippen LogP contribution in [0.15, 0.2) is 72.8 Å². The monoisotopic (exact) mass is 450 g/mol. The summed E-state index contributed by atoms with van der Waals surface area (Å²) < 4.78 is 0. The van der Waals surface area contributed by atoms with Crippen molar-refractivity contribution < 1.29 is 9.90 Å². The Kier molecular flexibility index (Phi) is 8.78. The van der Waals surface area contributed by atoms with Crippen molar-refractivity contribution >= 4 is 33.3 Å². The summed E-state index contributed by atoms with van der Waals surface area (Å²) in [6.07, 6.45) is 0. The molecule has 0 saturated carbocycles. The standard InChI is InChI=1S/C12H10.C4H6O2.Pb.2H/c1-3-7-11(8-4-1)12-9-5-2-6-10-12;1-3(2)4(5)6;;;/h1-10H;1H2,2H3,(H,5,6);;;. The first-order chi connectivity index (χ1) is 8.61. The van der Waals surface area contributed by atoms with Crippen LogP contribution in [0, 0.1) is 0 Å². The van der Waals surface area contributed by atoms with Gasteiger partial charge in [-0.05, 0) is 18.1 Å². The first-order valence-electron chi connectivity index (χ1n) is 5.60. The van der Waals surface area contributed by atoms with E-state index in [0.29, 0.717) is 0 Å². The summed E-state index contributed by atoms with van der Waals surface area (Å²) >= 11 is 0. The predicted octanol–water partition coefficient (Wildman–Crippen LogP) is 3.08. The van der Waals surface area contributed by atoms with E-state index in [1.807, 2.05) is 12.1 Å². The van der Waals surface area contributed by atoms with Gasteiger partial charge in [0, 0.05) is 5.57 Å². The summed E-state index contributed by atoms with van der Waals surface area (Å²) in [6.45, 7) is 4.60. The molecule has 0 unspecified atom stereocenters. The molecule has 0 amide bonds. The van der Waals surface area contributed by atoms with Gasteiger partial charge in [-0.25, -0.2) is 4.79 Å². The third-order valence-corrected chi connectivity index (χ3v) is 2.25. The summed E-state index contributed by atoms with van der Waals surface area (Å²) in [4.78, 5) is 9.60. The molecule has 0 aliphatic rings. The fourth-order valence-electron chi connectivity index (χ4n) is 1.26. The second-order valence-electron chi connectivity index (χ2n) is 3.82. The van der Waals surface area contributed by atoms with E-state index in [2.05, 4.69) is 55.1 Å². The SMILES string of the molecule is C=C(C)C(=O)O.[PbH2].c1ccc(-c2ccccc2)cc1. The average Bonchev–Trinajstić information content (AvgIpc) is 2.41. The Morgan fingerprint density at radius 2 is 1.16 bits per heavy atom. The molecule has 0 bridgehead atoms. The molecule has 19 heavy (non-hydrogen) atoms. The summed E-state index contributed by atoms with van der Waals surface area (Å²) in [5.41, 5.74) is 2.73. The quantitative estimate of drug-likeness (QED) is 0.565. The molecule has 2 nitrogen and oxygen atoms in total. The van der Waals surface area contributed by atoms with Crippen LogP contribution in [0.2, 0.25) is 0 Å². The number of carboxylic acid groups (broad SMARTS) is 1. The van der Waals surface area contributed by atoms with E-state index >= 15 is 0 Å². The van der Waals surface area contributed by atoms with Crippen molar-refractivity contribution in [2.45, 2.75) is 6.92 Å². The van der Waals surface area contributed by atoms with Gasteiger partial charge < -0.3 is 5.11 Å². The van der Waals surface area contributed by atoms with Crippen molar-refractivity contribution in [3.8, 4) is 11.1 Å². The van der Waals surface area contributed by atoms with E-state index in [4.69, 9.17) is 5.11 Å². The zero-order chi connectivity index (χ0) is 13.4. The van der Waals surface area contributed by atoms with Crippen LogP contribution in [0.25, 0.3) is 11.1 Å². The van der Waals surface area contributed by atoms with Gasteiger partial charge in [-0.1, -0.05) is 67.2 Å². The number of rotatable bonds is 2. The van der Waals surface area contributed by atoms with E-state index in [1.165, 1.54) is 18.1 Å². The molecule has 0 atom stereocenters. The van der Waals surface area contributed by atoms with Gasteiger partial charge in [-0.3, -0.25) is 0 Å². The van der Waals surface area contributed by atoms with Crippen LogP contribution in [-0.4, -0.2) is 38.4 Å². The second-order valence-corrected chi connectivity index (χ2v) is 3.82. The second kappa shape index (κ2) is 9.50. The molecule has 2 rings (SSSR count). The fraction of sp³-hybridized carbons (Fsp3) is 0.0625. The van der Waals surface area contributed by atoms with Crippen LogP contribution in [-0.2, 0) is 4.79 Å². The van der Waals surface area contributed by atoms with Crippen molar-refractivity contribution in [3.63, 3.8) is 0 Å². The van der Waals surface area contributed by atoms with Crippen LogP contribution in [0.1, 0.15) is 6.92 Å². The minimum atomic E-state index is -0.935. The van der Waals surface area contributed by atoms with Crippen LogP contribution in [0.4, 0.5) is 0 Å². The zero-order valence-electron chi connectivity index (χ0n) is 11.0. The largest absolute Gasteiger partial charge is 0.0622 e. The van der Waals surface area contributed by atoms with Crippen LogP contribution < -0.4 is 0 Å². The molecular formula is C16H18O2Pb. The Morgan fingerprint density at radius 3 is 1.37 bits per heavy atom. The molecule has 1 N–H and O–H groups in total. The molecule has 2 aromatic carbocycles. The molecule has 0 aromatic heterocycles. The molecule has 2 radical (unpaired) electrons. The molecule has 3 heteroatoms. The van der Waals surface area contributed by atoms with Gasteiger partial charge in [0.05, 0.1) is 0 Å². The number of carbonyl (C=O) groups is 1. The molecule has 0 aliphatic carbocycles. The van der Waals surface area contributed by atoms with Crippen molar-refractivity contribution in [3.05, 3.63) is 72.8 Å². The molecule has 0 aliphatic heterocycles. The maximum absolute atomic E-state index is 9.60. The van der Waals surface area contributed by atoms with E-state index in [-0.39, 0.29) is 32.9 Å². The Hall–Kier alpha value is -1.43. The van der Waals surface area contributed by atoms with Crippen molar-refractivity contribution in [2.75, 3.05) is 0 Å². The third kappa shape index (κ3) is 6.91. The fourth-order valence-corrected chi connectivity index (χ4v) is 1.26. The third-order valence-electron chi connectivity index (χ3n) is 2.25. The number of benzene rings is 2. The zero-order valence-corrected chi connectivity index (χ0v) is 16.5. The molecule has 0 fully saturated rings. The Morgan fingerprint density at radius 1 is 0.895 bits per heavy atom. The maximum atomic E-state index is 9.60.